The molecule has 0 unspecified atom stereocenters. The quantitative estimate of drug-likeness (QED) is 0.121. The molecular weight excluding hydrogens is 1430 g/mol. The smallest absolute Gasteiger partial charge is 0.238 e. The molecule has 0 saturated carbocycles. The molecule has 0 aliphatic heterocycles. The molecule has 0 spiro atoms. The predicted octanol–water partition coefficient (Wildman–Crippen LogP) is 28.5. The Bertz CT molecular complexity index is 8330. The molecule has 20 aromatic carbocycles. The molecule has 0 bridgehead atoms. The van der Waals surface area contributed by atoms with Crippen molar-refractivity contribution in [3.8, 4) is 102 Å². The number of rotatable bonds is 11. The fourth-order valence-corrected chi connectivity index (χ4v) is 19.5. The number of pyridine rings is 1. The van der Waals surface area contributed by atoms with E-state index in [0.29, 0.717) is 17.6 Å². The number of aromatic nitrogens is 8. The van der Waals surface area contributed by atoms with E-state index in [-0.39, 0.29) is 0 Å². The van der Waals surface area contributed by atoms with E-state index < -0.39 is 0 Å². The molecule has 0 aliphatic rings. The van der Waals surface area contributed by atoms with Gasteiger partial charge in [-0.3, -0.25) is 4.57 Å². The van der Waals surface area contributed by atoms with Gasteiger partial charge >= 0.3 is 0 Å². The van der Waals surface area contributed by atoms with Gasteiger partial charge in [-0.25, -0.2) is 9.97 Å². The van der Waals surface area contributed by atoms with Gasteiger partial charge in [0.2, 0.25) is 5.95 Å². The average molecular weight is 1500 g/mol. The molecule has 546 valence electrons. The highest BCUT2D eigenvalue weighted by Gasteiger charge is 2.27. The maximum Gasteiger partial charge on any atom is 0.238 e. The Morgan fingerprint density at radius 1 is 0.169 bits per heavy atom. The molecule has 0 N–H and O–H groups in total. The van der Waals surface area contributed by atoms with E-state index in [1.165, 1.54) is 169 Å². The van der Waals surface area contributed by atoms with Crippen LogP contribution in [0.3, 0.4) is 0 Å². The summed E-state index contributed by atoms with van der Waals surface area (Å²) in [4.78, 5) is 20.6. The van der Waals surface area contributed by atoms with Crippen LogP contribution >= 0.6 is 0 Å². The second-order valence-corrected chi connectivity index (χ2v) is 31.2. The zero-order chi connectivity index (χ0) is 77.2. The van der Waals surface area contributed by atoms with Gasteiger partial charge in [0.1, 0.15) is 0 Å². The minimum Gasteiger partial charge on any atom is -0.309 e. The average Bonchev–Trinajstić information content (AvgIpc) is 1.55. The summed E-state index contributed by atoms with van der Waals surface area (Å²) in [6.45, 7) is 0. The van der Waals surface area contributed by atoms with Gasteiger partial charge in [0.15, 0.2) is 11.6 Å². The third kappa shape index (κ3) is 10.0. The molecular formula is C110H66N8. The monoisotopic (exact) mass is 1500 g/mol. The van der Waals surface area contributed by atoms with E-state index in [4.69, 9.17) is 19.9 Å². The molecule has 0 amide bonds. The van der Waals surface area contributed by atoms with Crippen molar-refractivity contribution in [2.24, 2.45) is 0 Å². The van der Waals surface area contributed by atoms with E-state index in [1.54, 1.807) is 0 Å². The topological polar surface area (TPSA) is 71.3 Å². The lowest BCUT2D eigenvalue weighted by Gasteiger charge is -2.14. The van der Waals surface area contributed by atoms with Gasteiger partial charge in [-0.05, 0) is 185 Å². The second-order valence-electron chi connectivity index (χ2n) is 31.2. The van der Waals surface area contributed by atoms with E-state index >= 15 is 0 Å². The van der Waals surface area contributed by atoms with Crippen LogP contribution in [0.4, 0.5) is 0 Å². The van der Waals surface area contributed by atoms with Crippen molar-refractivity contribution in [3.05, 3.63) is 400 Å². The van der Waals surface area contributed by atoms with E-state index in [9.17, 15) is 0 Å². The lowest BCUT2D eigenvalue weighted by Crippen LogP contribution is -2.06. The second kappa shape index (κ2) is 25.8. The standard InChI is InChI=1S/C57H35N3.C53H31N5/c1-4-12-36(13-5-1)42-33-48(37-14-6-2-7-15-37)58-49(34-42)38-24-27-45(28-25-38)59-51-21-11-17-40-26-29-47-46(30-31-52(59)57(47)55(40)51)43-32-41-23-22-39-16-10-20-50-54(39)56(41)53(35-43)60(50)44-18-8-3-9-19-44;1-3-13-35(14-4-1)51-54-52(36-15-5-2-6-16-36)56-53(55-51)58-44-23-11-19-34-26-27-41-39(28-29-45(58)50(41)48(34)44)38-30-37-25-24-33-18-10-22-43-47(33)49(37)46(31-38)57(43)42-21-9-17-32-12-7-8-20-40(32)42/h1-35H;1-31H. The van der Waals surface area contributed by atoms with Crippen LogP contribution in [0.2, 0.25) is 0 Å². The maximum absolute atomic E-state index is 5.21. The minimum absolute atomic E-state index is 0.594. The Kier molecular flexibility index (Phi) is 14.4. The third-order valence-corrected chi connectivity index (χ3v) is 24.7. The Morgan fingerprint density at radius 2 is 0.542 bits per heavy atom. The van der Waals surface area contributed by atoms with Crippen LogP contribution in [0.15, 0.2) is 400 Å². The van der Waals surface area contributed by atoms with Gasteiger partial charge in [-0.1, -0.05) is 297 Å². The van der Waals surface area contributed by atoms with Crippen LogP contribution in [-0.2, 0) is 0 Å². The summed E-state index contributed by atoms with van der Waals surface area (Å²) >= 11 is 0. The summed E-state index contributed by atoms with van der Waals surface area (Å²) in [5, 5.41) is 22.6. The number of fused-ring (bicyclic) bond motifs is 1. The van der Waals surface area contributed by atoms with Gasteiger partial charge in [0, 0.05) is 82.1 Å². The van der Waals surface area contributed by atoms with Crippen molar-refractivity contribution in [2.45, 2.75) is 0 Å². The van der Waals surface area contributed by atoms with Gasteiger partial charge in [-0.15, -0.1) is 0 Å². The molecule has 0 saturated heterocycles. The van der Waals surface area contributed by atoms with Crippen LogP contribution in [0.1, 0.15) is 0 Å². The highest BCUT2D eigenvalue weighted by molar-refractivity contribution is 6.31. The number of para-hydroxylation sites is 1. The number of hydrogen-bond donors (Lipinski definition) is 0. The van der Waals surface area contributed by atoms with Gasteiger partial charge in [0.05, 0.1) is 61.2 Å². The molecule has 0 atom stereocenters. The van der Waals surface area contributed by atoms with Crippen molar-refractivity contribution in [1.29, 1.82) is 0 Å². The number of hydrogen-bond acceptors (Lipinski definition) is 4. The molecule has 0 fully saturated rings. The van der Waals surface area contributed by atoms with Gasteiger partial charge < -0.3 is 13.7 Å². The zero-order valence-electron chi connectivity index (χ0n) is 63.7. The SMILES string of the molecule is c1ccc(-c2cc(-c3ccccc3)nc(-c3ccc(-n4c5cccc6ccc7c(-c8cc9ccc%10cccc%11c%10c9c(c8)n%11-c8ccccc8)ccc4c7c65)cc3)c2)cc1.c1ccc(-c2nc(-c3ccccc3)nc(-n3c4cccc5ccc6c(-c7cc8ccc9cccc%10c9c8c(c7)n%10-c7cccc8ccccc78)ccc3c6c54)n2)cc1. The van der Waals surface area contributed by atoms with Gasteiger partial charge in [-0.2, -0.15) is 9.97 Å². The number of benzene rings is 20. The molecule has 6 aromatic heterocycles. The zero-order valence-corrected chi connectivity index (χ0v) is 63.7. The Hall–Kier alpha value is -15.9. The van der Waals surface area contributed by atoms with Crippen molar-refractivity contribution in [3.63, 3.8) is 0 Å². The van der Waals surface area contributed by atoms with Crippen LogP contribution in [-0.4, -0.2) is 38.2 Å². The highest BCUT2D eigenvalue weighted by Crippen LogP contribution is 2.50. The molecule has 0 aliphatic carbocycles. The van der Waals surface area contributed by atoms with Gasteiger partial charge in [0.25, 0.3) is 0 Å². The Morgan fingerprint density at radius 3 is 1.08 bits per heavy atom. The molecule has 26 rings (SSSR count). The largest absolute Gasteiger partial charge is 0.309 e. The molecule has 6 heterocycles. The summed E-state index contributed by atoms with van der Waals surface area (Å²) in [7, 11) is 0. The van der Waals surface area contributed by atoms with E-state index in [1.807, 2.05) is 36.4 Å². The van der Waals surface area contributed by atoms with Crippen LogP contribution < -0.4 is 0 Å². The van der Waals surface area contributed by atoms with Crippen LogP contribution in [0.5, 0.6) is 0 Å². The predicted molar refractivity (Wildman–Crippen MR) is 492 cm³/mol. The molecule has 0 radical (unpaired) electrons. The van der Waals surface area contributed by atoms with Crippen molar-refractivity contribution in [2.75, 3.05) is 0 Å². The summed E-state index contributed by atoms with van der Waals surface area (Å²) in [6, 6.07) is 145. The first-order valence-electron chi connectivity index (χ1n) is 40.3. The van der Waals surface area contributed by atoms with Crippen molar-refractivity contribution >= 4 is 141 Å². The maximum atomic E-state index is 5.21. The Balaban J connectivity index is 0.000000132. The van der Waals surface area contributed by atoms with Crippen molar-refractivity contribution < 1.29 is 0 Å². The number of nitrogens with zero attached hydrogens (tertiary/aromatic N) is 8. The molecule has 118 heavy (non-hydrogen) atoms. The van der Waals surface area contributed by atoms with Crippen LogP contribution in [0, 0.1) is 0 Å². The molecule has 8 nitrogen and oxygen atoms in total. The Labute approximate surface area is 676 Å². The first-order chi connectivity index (χ1) is 58.5. The van der Waals surface area contributed by atoms with Crippen molar-refractivity contribution in [1.82, 2.24) is 38.2 Å². The van der Waals surface area contributed by atoms with E-state index in [0.717, 1.165) is 55.9 Å². The normalized spacial score (nSPS) is 12.1. The minimum atomic E-state index is 0.594. The fraction of sp³-hybridized carbons (Fsp3) is 0. The van der Waals surface area contributed by atoms with Crippen LogP contribution in [0.25, 0.3) is 243 Å². The lowest BCUT2D eigenvalue weighted by atomic mass is 9.92. The van der Waals surface area contributed by atoms with E-state index in [2.05, 4.69) is 382 Å². The first kappa shape index (κ1) is 65.6. The summed E-state index contributed by atoms with van der Waals surface area (Å²) < 4.78 is 9.59. The summed E-state index contributed by atoms with van der Waals surface area (Å²) in [5.74, 6) is 1.87. The summed E-state index contributed by atoms with van der Waals surface area (Å²) in [5.41, 5.74) is 26.1. The fourth-order valence-electron chi connectivity index (χ4n) is 19.5. The first-order valence-corrected chi connectivity index (χ1v) is 40.3. The third-order valence-electron chi connectivity index (χ3n) is 24.7. The lowest BCUT2D eigenvalue weighted by molar-refractivity contribution is 0.954. The summed E-state index contributed by atoms with van der Waals surface area (Å²) in [6.07, 6.45) is 0. The molecule has 8 heteroatoms. The molecule has 26 aromatic rings. The highest BCUT2D eigenvalue weighted by atomic mass is 15.2.